The second-order valence-corrected chi connectivity index (χ2v) is 9.54. The van der Waals surface area contributed by atoms with E-state index in [1.165, 1.54) is 47.3 Å². The molecule has 1 N–H and O–H groups in total. The monoisotopic (exact) mass is 595 g/mol. The Bertz CT molecular complexity index is 1660. The molecular weight excluding hydrogens is 573 g/mol. The lowest BCUT2D eigenvalue weighted by atomic mass is 10.1. The largest absolute Gasteiger partial charge is 0.483 e. The summed E-state index contributed by atoms with van der Waals surface area (Å²) in [5.74, 6) is -0.647. The summed E-state index contributed by atoms with van der Waals surface area (Å²) in [6, 6.07) is 14.3. The van der Waals surface area contributed by atoms with Gasteiger partial charge in [0, 0.05) is 33.8 Å². The zero-order chi connectivity index (χ0) is 28.1. The topological polar surface area (TPSA) is 129 Å². The molecule has 4 rings (SSSR count). The van der Waals surface area contributed by atoms with Gasteiger partial charge in [-0.15, -0.1) is 0 Å². The molecule has 1 amide bonds. The SMILES string of the molecule is CC[C@@H](C)c1nc2ccc(Br)cc2c(=O)n1N=Cc1cc([N+](=O)[O-])ccc1OCC(=O)Nc1cccc(F)c1. The Morgan fingerprint density at radius 2 is 2.05 bits per heavy atom. The number of anilines is 1. The molecule has 0 bridgehead atoms. The highest BCUT2D eigenvalue weighted by Gasteiger charge is 2.17. The maximum atomic E-state index is 13.4. The van der Waals surface area contributed by atoms with Gasteiger partial charge in [0.1, 0.15) is 17.4 Å². The first-order valence-electron chi connectivity index (χ1n) is 11.9. The van der Waals surface area contributed by atoms with Crippen molar-refractivity contribution in [2.75, 3.05) is 11.9 Å². The normalized spacial score (nSPS) is 12.0. The molecule has 200 valence electrons. The first-order chi connectivity index (χ1) is 18.7. The number of nitrogens with zero attached hydrogens (tertiary/aromatic N) is 4. The van der Waals surface area contributed by atoms with Crippen molar-refractivity contribution in [1.29, 1.82) is 0 Å². The highest BCUT2D eigenvalue weighted by molar-refractivity contribution is 9.10. The van der Waals surface area contributed by atoms with E-state index in [-0.39, 0.29) is 28.6 Å². The van der Waals surface area contributed by atoms with Gasteiger partial charge in [-0.1, -0.05) is 35.8 Å². The highest BCUT2D eigenvalue weighted by Crippen LogP contribution is 2.24. The van der Waals surface area contributed by atoms with E-state index >= 15 is 0 Å². The van der Waals surface area contributed by atoms with Gasteiger partial charge in [-0.05, 0) is 48.9 Å². The summed E-state index contributed by atoms with van der Waals surface area (Å²) >= 11 is 3.37. The number of carbonyl (C=O) groups excluding carboxylic acids is 1. The molecule has 0 radical (unpaired) electrons. The molecule has 3 aromatic carbocycles. The summed E-state index contributed by atoms with van der Waals surface area (Å²) in [5.41, 5.74) is 0.299. The Morgan fingerprint density at radius 3 is 2.77 bits per heavy atom. The van der Waals surface area contributed by atoms with E-state index in [4.69, 9.17) is 4.74 Å². The molecular formula is C27H23BrFN5O5. The van der Waals surface area contributed by atoms with Crippen molar-refractivity contribution in [1.82, 2.24) is 9.66 Å². The van der Waals surface area contributed by atoms with E-state index in [0.29, 0.717) is 27.6 Å². The molecule has 1 aromatic heterocycles. The number of carbonyl (C=O) groups is 1. The Morgan fingerprint density at radius 1 is 1.26 bits per heavy atom. The van der Waals surface area contributed by atoms with E-state index in [1.54, 1.807) is 18.2 Å². The van der Waals surface area contributed by atoms with Gasteiger partial charge >= 0.3 is 0 Å². The average molecular weight is 596 g/mol. The molecule has 0 unspecified atom stereocenters. The Balaban J connectivity index is 1.69. The summed E-state index contributed by atoms with van der Waals surface area (Å²) in [7, 11) is 0. The number of hydrogen-bond acceptors (Lipinski definition) is 7. The third kappa shape index (κ3) is 6.52. The number of nitro benzene ring substituents is 1. The van der Waals surface area contributed by atoms with Crippen LogP contribution in [0.1, 0.15) is 37.6 Å². The minimum atomic E-state index is -0.580. The van der Waals surface area contributed by atoms with Crippen molar-refractivity contribution in [3.05, 3.63) is 103 Å². The van der Waals surface area contributed by atoms with Crippen LogP contribution < -0.4 is 15.6 Å². The van der Waals surface area contributed by atoms with Crippen molar-refractivity contribution < 1.29 is 18.8 Å². The summed E-state index contributed by atoms with van der Waals surface area (Å²) < 4.78 is 20.9. The summed E-state index contributed by atoms with van der Waals surface area (Å²) in [5, 5.41) is 18.6. The zero-order valence-electron chi connectivity index (χ0n) is 20.9. The van der Waals surface area contributed by atoms with E-state index in [1.807, 2.05) is 13.8 Å². The maximum absolute atomic E-state index is 13.4. The van der Waals surface area contributed by atoms with Crippen LogP contribution in [0.3, 0.4) is 0 Å². The van der Waals surface area contributed by atoms with Crippen molar-refractivity contribution in [2.45, 2.75) is 26.2 Å². The van der Waals surface area contributed by atoms with E-state index in [2.05, 4.69) is 31.3 Å². The van der Waals surface area contributed by atoms with Crippen molar-refractivity contribution in [3.8, 4) is 5.75 Å². The van der Waals surface area contributed by atoms with Crippen LogP contribution in [0.4, 0.5) is 15.8 Å². The molecule has 1 atom stereocenters. The van der Waals surface area contributed by atoms with Crippen LogP contribution in [0.5, 0.6) is 5.75 Å². The molecule has 4 aromatic rings. The van der Waals surface area contributed by atoms with Gasteiger partial charge in [0.05, 0.1) is 22.0 Å². The summed E-state index contributed by atoms with van der Waals surface area (Å²) in [4.78, 5) is 41.2. The lowest BCUT2D eigenvalue weighted by Crippen LogP contribution is -2.24. The fraction of sp³-hybridized carbons (Fsp3) is 0.185. The first kappa shape index (κ1) is 27.6. The van der Waals surface area contributed by atoms with Crippen LogP contribution in [0.2, 0.25) is 0 Å². The smallest absolute Gasteiger partial charge is 0.282 e. The third-order valence-corrected chi connectivity index (χ3v) is 6.36. The Labute approximate surface area is 230 Å². The van der Waals surface area contributed by atoms with E-state index < -0.39 is 28.8 Å². The number of non-ortho nitro benzene ring substituents is 1. The van der Waals surface area contributed by atoms with Gasteiger partial charge in [-0.2, -0.15) is 9.78 Å². The van der Waals surface area contributed by atoms with Gasteiger partial charge in [0.15, 0.2) is 6.61 Å². The Hall–Kier alpha value is -4.45. The zero-order valence-corrected chi connectivity index (χ0v) is 22.5. The number of benzene rings is 3. The number of nitrogens with one attached hydrogen (secondary N) is 1. The highest BCUT2D eigenvalue weighted by atomic mass is 79.9. The van der Waals surface area contributed by atoms with Crippen LogP contribution in [0.25, 0.3) is 10.9 Å². The van der Waals surface area contributed by atoms with Crippen molar-refractivity contribution in [3.63, 3.8) is 0 Å². The first-order valence-corrected chi connectivity index (χ1v) is 12.7. The minimum Gasteiger partial charge on any atom is -0.483 e. The molecule has 0 spiro atoms. The standard InChI is InChI=1S/C27H23BrFN5O5/c1-3-16(2)26-32-23-9-7-18(28)12-22(23)27(36)33(26)30-14-17-11-21(34(37)38)8-10-24(17)39-15-25(35)31-20-6-4-5-19(29)13-20/h4-14,16H,3,15H2,1-2H3,(H,31,35)/t16-/m1/s1. The van der Waals surface area contributed by atoms with Crippen molar-refractivity contribution >= 4 is 50.3 Å². The molecule has 0 aliphatic carbocycles. The fourth-order valence-electron chi connectivity index (χ4n) is 3.69. The van der Waals surface area contributed by atoms with Gasteiger partial charge in [0.2, 0.25) is 0 Å². The molecule has 0 aliphatic heterocycles. The van der Waals surface area contributed by atoms with E-state index in [0.717, 1.165) is 6.07 Å². The number of fused-ring (bicyclic) bond motifs is 1. The second-order valence-electron chi connectivity index (χ2n) is 8.63. The minimum absolute atomic E-state index is 0.116. The van der Waals surface area contributed by atoms with Crippen LogP contribution >= 0.6 is 15.9 Å². The lowest BCUT2D eigenvalue weighted by molar-refractivity contribution is -0.384. The van der Waals surface area contributed by atoms with E-state index in [9.17, 15) is 24.1 Å². The van der Waals surface area contributed by atoms with Gasteiger partial charge in [-0.25, -0.2) is 9.37 Å². The third-order valence-electron chi connectivity index (χ3n) is 5.87. The van der Waals surface area contributed by atoms with Gasteiger partial charge < -0.3 is 10.1 Å². The lowest BCUT2D eigenvalue weighted by Gasteiger charge is -2.14. The average Bonchev–Trinajstić information content (AvgIpc) is 2.91. The summed E-state index contributed by atoms with van der Waals surface area (Å²) in [6.45, 7) is 3.41. The van der Waals surface area contributed by atoms with Crippen LogP contribution in [0.15, 0.2) is 75.0 Å². The molecule has 0 aliphatic rings. The number of aromatic nitrogens is 2. The number of hydrogen-bond donors (Lipinski definition) is 1. The number of ether oxygens (including phenoxy) is 1. The maximum Gasteiger partial charge on any atom is 0.282 e. The quantitative estimate of drug-likeness (QED) is 0.152. The van der Waals surface area contributed by atoms with Crippen LogP contribution in [-0.4, -0.2) is 33.3 Å². The molecule has 0 fully saturated rings. The number of rotatable bonds is 9. The van der Waals surface area contributed by atoms with Crippen LogP contribution in [-0.2, 0) is 4.79 Å². The predicted octanol–water partition coefficient (Wildman–Crippen LogP) is 5.62. The Kier molecular flexibility index (Phi) is 8.45. The fourth-order valence-corrected chi connectivity index (χ4v) is 4.05. The molecule has 1 heterocycles. The second kappa shape index (κ2) is 11.9. The molecule has 0 saturated carbocycles. The van der Waals surface area contributed by atoms with Crippen molar-refractivity contribution in [2.24, 2.45) is 5.10 Å². The molecule has 0 saturated heterocycles. The van der Waals surface area contributed by atoms with Gasteiger partial charge in [-0.3, -0.25) is 19.7 Å². The molecule has 10 nitrogen and oxygen atoms in total. The van der Waals surface area contributed by atoms with Gasteiger partial charge in [0.25, 0.3) is 17.2 Å². The number of amides is 1. The number of halogens is 2. The van der Waals surface area contributed by atoms with Crippen LogP contribution in [0, 0.1) is 15.9 Å². The molecule has 39 heavy (non-hydrogen) atoms. The molecule has 12 heteroatoms. The predicted molar refractivity (Wildman–Crippen MR) is 149 cm³/mol. The summed E-state index contributed by atoms with van der Waals surface area (Å²) in [6.07, 6.45) is 1.95. The number of nitro groups is 1.